The Labute approximate surface area is 167 Å². The van der Waals surface area contributed by atoms with Crippen LogP contribution in [-0.4, -0.2) is 17.9 Å². The summed E-state index contributed by atoms with van der Waals surface area (Å²) in [6.07, 6.45) is 3.29. The number of thiazole rings is 1. The Bertz CT molecular complexity index is 1140. The van der Waals surface area contributed by atoms with Crippen molar-refractivity contribution in [1.82, 2.24) is 4.98 Å². The highest BCUT2D eigenvalue weighted by molar-refractivity contribution is 7.07. The van der Waals surface area contributed by atoms with Gasteiger partial charge in [-0.05, 0) is 46.9 Å². The lowest BCUT2D eigenvalue weighted by molar-refractivity contribution is 0.106. The van der Waals surface area contributed by atoms with Gasteiger partial charge in [-0.2, -0.15) is 0 Å². The molecule has 1 aromatic heterocycles. The minimum Gasteiger partial charge on any atom is -0.497 e. The minimum atomic E-state index is -0.196. The molecule has 3 aromatic rings. The number of benzene rings is 2. The lowest BCUT2D eigenvalue weighted by atomic mass is 9.87. The molecule has 0 amide bonds. The molecule has 1 heterocycles. The van der Waals surface area contributed by atoms with Gasteiger partial charge in [-0.3, -0.25) is 9.59 Å². The Hall–Kier alpha value is -2.92. The molecular weight excluding hydrogens is 370 g/mol. The first-order valence-corrected chi connectivity index (χ1v) is 9.79. The molecule has 4 nitrogen and oxygen atoms in total. The Morgan fingerprint density at radius 3 is 2.25 bits per heavy atom. The van der Waals surface area contributed by atoms with Crippen LogP contribution in [0.5, 0.6) is 5.75 Å². The van der Waals surface area contributed by atoms with Crippen molar-refractivity contribution in [2.24, 2.45) is 0 Å². The summed E-state index contributed by atoms with van der Waals surface area (Å²) in [5.41, 5.74) is 2.62. The Morgan fingerprint density at radius 1 is 1.04 bits per heavy atom. The van der Waals surface area contributed by atoms with E-state index < -0.39 is 0 Å². The molecule has 2 aromatic carbocycles. The number of rotatable bonds is 4. The zero-order valence-corrected chi connectivity index (χ0v) is 17.2. The van der Waals surface area contributed by atoms with Gasteiger partial charge in [0.2, 0.25) is 0 Å². The fraction of sp³-hybridized carbons (Fsp3) is 0.217. The van der Waals surface area contributed by atoms with Gasteiger partial charge >= 0.3 is 0 Å². The molecule has 5 heteroatoms. The van der Waals surface area contributed by atoms with Crippen LogP contribution in [0.2, 0.25) is 0 Å². The molecule has 1 N–H and O–H groups in total. The number of methoxy groups -OCH3 is 1. The summed E-state index contributed by atoms with van der Waals surface area (Å²) < 4.78 is 6.20. The number of nitrogens with one attached hydrogen (secondary N) is 1. The van der Waals surface area contributed by atoms with Gasteiger partial charge < -0.3 is 9.72 Å². The molecule has 3 rings (SSSR count). The summed E-state index contributed by atoms with van der Waals surface area (Å²) in [6, 6.07) is 15.0. The number of carbonyl (C=O) groups excluding carboxylic acids is 1. The lowest BCUT2D eigenvalue weighted by Gasteiger charge is -2.18. The van der Waals surface area contributed by atoms with Gasteiger partial charge in [0.25, 0.3) is 5.56 Å². The number of hydrogen-bond acceptors (Lipinski definition) is 4. The molecule has 0 spiro atoms. The lowest BCUT2D eigenvalue weighted by Crippen LogP contribution is -2.20. The number of ketones is 1. The van der Waals surface area contributed by atoms with Gasteiger partial charge in [-0.25, -0.2) is 0 Å². The number of Topliss-reactive ketones (excluding diaryl/α,β-unsaturated/α-hetero) is 1. The number of ether oxygens (including phenoxy) is 1. The fourth-order valence-electron chi connectivity index (χ4n) is 2.71. The second kappa shape index (κ2) is 7.98. The van der Waals surface area contributed by atoms with Crippen molar-refractivity contribution in [3.63, 3.8) is 0 Å². The molecule has 0 fully saturated rings. The number of hydrogen-bond donors (Lipinski definition) is 1. The molecule has 0 saturated carbocycles. The fourth-order valence-corrected chi connectivity index (χ4v) is 3.60. The van der Waals surface area contributed by atoms with Crippen LogP contribution in [0.15, 0.2) is 53.3 Å². The van der Waals surface area contributed by atoms with Crippen LogP contribution in [0, 0.1) is 0 Å². The van der Waals surface area contributed by atoms with E-state index in [1.165, 1.54) is 23.0 Å². The monoisotopic (exact) mass is 393 g/mol. The summed E-state index contributed by atoms with van der Waals surface area (Å²) in [5.74, 6) is 0.525. The Balaban J connectivity index is 1.89. The second-order valence-electron chi connectivity index (χ2n) is 7.54. The normalized spacial score (nSPS) is 13.0. The molecule has 0 aliphatic rings. The highest BCUT2D eigenvalue weighted by Crippen LogP contribution is 2.22. The molecule has 0 atom stereocenters. The van der Waals surface area contributed by atoms with E-state index in [0.29, 0.717) is 20.5 Å². The highest BCUT2D eigenvalue weighted by atomic mass is 32.1. The maximum atomic E-state index is 12.4. The summed E-state index contributed by atoms with van der Waals surface area (Å²) in [6.45, 7) is 6.49. The maximum absolute atomic E-state index is 12.4. The molecule has 0 unspecified atom stereocenters. The van der Waals surface area contributed by atoms with E-state index in [2.05, 4.69) is 37.9 Å². The summed E-state index contributed by atoms with van der Waals surface area (Å²) in [4.78, 5) is 27.4. The van der Waals surface area contributed by atoms with Gasteiger partial charge in [0.1, 0.15) is 5.75 Å². The molecule has 0 bridgehead atoms. The van der Waals surface area contributed by atoms with Crippen molar-refractivity contribution in [2.45, 2.75) is 26.2 Å². The van der Waals surface area contributed by atoms with Crippen molar-refractivity contribution in [2.75, 3.05) is 7.11 Å². The SMILES string of the molecule is COc1ccc(C(=O)/C=c2\[nH]c(=O)/c(=C\c3ccc(C(C)(C)C)cc3)s2)cc1. The average molecular weight is 394 g/mol. The number of aromatic amines is 1. The highest BCUT2D eigenvalue weighted by Gasteiger charge is 2.12. The van der Waals surface area contributed by atoms with Gasteiger partial charge in [-0.1, -0.05) is 45.0 Å². The first-order chi connectivity index (χ1) is 13.3. The van der Waals surface area contributed by atoms with Gasteiger partial charge in [-0.15, -0.1) is 11.3 Å². The van der Waals surface area contributed by atoms with Gasteiger partial charge in [0.15, 0.2) is 5.78 Å². The van der Waals surface area contributed by atoms with Crippen LogP contribution in [-0.2, 0) is 5.41 Å². The second-order valence-corrected chi connectivity index (χ2v) is 8.62. The van der Waals surface area contributed by atoms with Crippen molar-refractivity contribution in [1.29, 1.82) is 0 Å². The Kier molecular flexibility index (Phi) is 5.66. The molecular formula is C23H23NO3S. The van der Waals surface area contributed by atoms with E-state index in [-0.39, 0.29) is 16.8 Å². The van der Waals surface area contributed by atoms with Gasteiger partial charge in [0, 0.05) is 11.6 Å². The van der Waals surface area contributed by atoms with E-state index in [1.54, 1.807) is 31.4 Å². The maximum Gasteiger partial charge on any atom is 0.266 e. The molecule has 144 valence electrons. The van der Waals surface area contributed by atoms with Crippen LogP contribution in [0.4, 0.5) is 0 Å². The van der Waals surface area contributed by atoms with E-state index in [4.69, 9.17) is 4.74 Å². The van der Waals surface area contributed by atoms with Gasteiger partial charge in [0.05, 0.1) is 16.3 Å². The van der Waals surface area contributed by atoms with Crippen LogP contribution in [0.3, 0.4) is 0 Å². The largest absolute Gasteiger partial charge is 0.497 e. The van der Waals surface area contributed by atoms with Crippen molar-refractivity contribution in [3.05, 3.63) is 84.8 Å². The first-order valence-electron chi connectivity index (χ1n) is 8.98. The summed E-state index contributed by atoms with van der Waals surface area (Å²) >= 11 is 1.27. The zero-order valence-electron chi connectivity index (χ0n) is 16.4. The van der Waals surface area contributed by atoms with Crippen molar-refractivity contribution < 1.29 is 9.53 Å². The number of aromatic nitrogens is 1. The molecule has 0 aliphatic carbocycles. The molecule has 0 radical (unpaired) electrons. The third-order valence-corrected chi connectivity index (χ3v) is 5.35. The first kappa shape index (κ1) is 19.8. The topological polar surface area (TPSA) is 59.2 Å². The third-order valence-electron chi connectivity index (χ3n) is 4.39. The molecule has 28 heavy (non-hydrogen) atoms. The average Bonchev–Trinajstić information content (AvgIpc) is 3.00. The molecule has 0 saturated heterocycles. The van der Waals surface area contributed by atoms with Crippen LogP contribution in [0.25, 0.3) is 12.2 Å². The number of H-pyrrole nitrogens is 1. The summed E-state index contributed by atoms with van der Waals surface area (Å²) in [7, 11) is 1.58. The number of carbonyl (C=O) groups is 1. The van der Waals surface area contributed by atoms with Crippen LogP contribution >= 0.6 is 11.3 Å². The standard InChI is InChI=1S/C23H23NO3S/c1-23(2,3)17-9-5-15(6-10-17)13-20-22(26)24-21(28-20)14-19(25)16-7-11-18(27-4)12-8-16/h5-14H,1-4H3,(H,24,26)/b20-13+,21-14+. The third kappa shape index (κ3) is 4.67. The predicted molar refractivity (Wildman–Crippen MR) is 115 cm³/mol. The molecule has 0 aliphatic heterocycles. The minimum absolute atomic E-state index is 0.0862. The summed E-state index contributed by atoms with van der Waals surface area (Å²) in [5, 5.41) is 0. The van der Waals surface area contributed by atoms with Crippen LogP contribution < -0.4 is 19.5 Å². The quantitative estimate of drug-likeness (QED) is 0.693. The zero-order chi connectivity index (χ0) is 20.3. The van der Waals surface area contributed by atoms with E-state index in [9.17, 15) is 9.59 Å². The van der Waals surface area contributed by atoms with Crippen molar-refractivity contribution in [3.8, 4) is 5.75 Å². The van der Waals surface area contributed by atoms with Crippen LogP contribution in [0.1, 0.15) is 42.3 Å². The van der Waals surface area contributed by atoms with E-state index >= 15 is 0 Å². The predicted octanol–water partition coefficient (Wildman–Crippen LogP) is 3.23. The Morgan fingerprint density at radius 2 is 1.68 bits per heavy atom. The van der Waals surface area contributed by atoms with E-state index in [0.717, 1.165) is 5.56 Å². The smallest absolute Gasteiger partial charge is 0.266 e. The van der Waals surface area contributed by atoms with Crippen molar-refractivity contribution >= 4 is 29.3 Å². The van der Waals surface area contributed by atoms with E-state index in [1.807, 2.05) is 18.2 Å².